The van der Waals surface area contributed by atoms with Gasteiger partial charge in [0.25, 0.3) is 11.6 Å². The van der Waals surface area contributed by atoms with Crippen LogP contribution >= 0.6 is 11.3 Å². The van der Waals surface area contributed by atoms with Gasteiger partial charge in [0.2, 0.25) is 0 Å². The molecule has 2 aromatic rings. The molecule has 1 saturated heterocycles. The van der Waals surface area contributed by atoms with Crippen molar-refractivity contribution in [3.63, 3.8) is 0 Å². The Kier molecular flexibility index (Phi) is 4.69. The van der Waals surface area contributed by atoms with Crippen LogP contribution in [-0.4, -0.2) is 51.8 Å². The first-order chi connectivity index (χ1) is 12.6. The van der Waals surface area contributed by atoms with Crippen molar-refractivity contribution in [2.75, 3.05) is 26.2 Å². The molecule has 1 aliphatic carbocycles. The molecule has 1 aromatic heterocycles. The molecule has 0 unspecified atom stereocenters. The maximum atomic E-state index is 12.6. The monoisotopic (exact) mass is 372 g/mol. The van der Waals surface area contributed by atoms with E-state index >= 15 is 0 Å². The highest BCUT2D eigenvalue weighted by molar-refractivity contribution is 7.09. The number of hydrogen-bond donors (Lipinski definition) is 0. The fourth-order valence-electron chi connectivity index (χ4n) is 3.20. The average Bonchev–Trinajstić information content (AvgIpc) is 3.41. The summed E-state index contributed by atoms with van der Waals surface area (Å²) in [5, 5.41) is 14.2. The Morgan fingerprint density at radius 2 is 2.04 bits per heavy atom. The molecule has 0 N–H and O–H groups in total. The molecule has 26 heavy (non-hydrogen) atoms. The van der Waals surface area contributed by atoms with E-state index in [0.29, 0.717) is 24.6 Å². The van der Waals surface area contributed by atoms with Gasteiger partial charge < -0.3 is 4.90 Å². The van der Waals surface area contributed by atoms with Crippen LogP contribution in [0.4, 0.5) is 5.69 Å². The molecule has 0 bridgehead atoms. The predicted molar refractivity (Wildman–Crippen MR) is 98.4 cm³/mol. The second-order valence-corrected chi connectivity index (χ2v) is 7.76. The average molecular weight is 372 g/mol. The molecule has 7 nitrogen and oxygen atoms in total. The molecule has 4 rings (SSSR count). The van der Waals surface area contributed by atoms with Gasteiger partial charge in [0.15, 0.2) is 0 Å². The van der Waals surface area contributed by atoms with Crippen LogP contribution in [0.15, 0.2) is 29.6 Å². The van der Waals surface area contributed by atoms with Crippen LogP contribution in [0.5, 0.6) is 0 Å². The topological polar surface area (TPSA) is 79.6 Å². The fraction of sp³-hybridized carbons (Fsp3) is 0.444. The number of nitro groups is 1. The summed E-state index contributed by atoms with van der Waals surface area (Å²) in [5.74, 6) is 0.544. The molecule has 1 saturated carbocycles. The van der Waals surface area contributed by atoms with E-state index in [-0.39, 0.29) is 11.6 Å². The molecule has 0 atom stereocenters. The van der Waals surface area contributed by atoms with Crippen molar-refractivity contribution < 1.29 is 9.72 Å². The van der Waals surface area contributed by atoms with Crippen LogP contribution in [0.25, 0.3) is 0 Å². The van der Waals surface area contributed by atoms with E-state index in [4.69, 9.17) is 4.98 Å². The van der Waals surface area contributed by atoms with E-state index in [1.54, 1.807) is 28.4 Å². The SMILES string of the molecule is O=C(c1cccc([N+](=O)[O-])c1)N1CCN(Cc2nc(C3CC3)cs2)CC1. The standard InChI is InChI=1S/C18H20N4O3S/c23-18(14-2-1-3-15(10-14)22(24)25)21-8-6-20(7-9-21)11-17-19-16(12-26-17)13-4-5-13/h1-3,10,12-13H,4-9,11H2. The first-order valence-corrected chi connectivity index (χ1v) is 9.68. The van der Waals surface area contributed by atoms with Crippen molar-refractivity contribution in [2.24, 2.45) is 0 Å². The summed E-state index contributed by atoms with van der Waals surface area (Å²) >= 11 is 1.72. The summed E-state index contributed by atoms with van der Waals surface area (Å²) in [4.78, 5) is 31.8. The fourth-order valence-corrected chi connectivity index (χ4v) is 4.12. The Balaban J connectivity index is 1.33. The zero-order chi connectivity index (χ0) is 18.1. The van der Waals surface area contributed by atoms with E-state index in [0.717, 1.165) is 24.6 Å². The molecule has 0 spiro atoms. The molecule has 1 amide bonds. The second kappa shape index (κ2) is 7.13. The summed E-state index contributed by atoms with van der Waals surface area (Å²) in [5.41, 5.74) is 1.57. The zero-order valence-corrected chi connectivity index (χ0v) is 15.2. The summed E-state index contributed by atoms with van der Waals surface area (Å²) in [6.07, 6.45) is 2.53. The number of amides is 1. The Labute approximate surface area is 155 Å². The Bertz CT molecular complexity index is 825. The molecule has 0 radical (unpaired) electrons. The van der Waals surface area contributed by atoms with Crippen LogP contribution in [0, 0.1) is 10.1 Å². The highest BCUT2D eigenvalue weighted by atomic mass is 32.1. The third-order valence-corrected chi connectivity index (χ3v) is 5.74. The number of nitrogens with zero attached hydrogens (tertiary/aromatic N) is 4. The van der Waals surface area contributed by atoms with Crippen LogP contribution in [0.3, 0.4) is 0 Å². The van der Waals surface area contributed by atoms with Gasteiger partial charge in [-0.3, -0.25) is 19.8 Å². The number of nitro benzene ring substituents is 1. The van der Waals surface area contributed by atoms with Gasteiger partial charge in [-0.05, 0) is 18.9 Å². The number of carbonyl (C=O) groups is 1. The summed E-state index contributed by atoms with van der Waals surface area (Å²) < 4.78 is 0. The lowest BCUT2D eigenvalue weighted by Crippen LogP contribution is -2.48. The van der Waals surface area contributed by atoms with Crippen molar-refractivity contribution >= 4 is 22.9 Å². The quantitative estimate of drug-likeness (QED) is 0.596. The van der Waals surface area contributed by atoms with E-state index in [9.17, 15) is 14.9 Å². The highest BCUT2D eigenvalue weighted by Gasteiger charge is 2.27. The molecule has 136 valence electrons. The molecular weight excluding hydrogens is 352 g/mol. The zero-order valence-electron chi connectivity index (χ0n) is 14.3. The van der Waals surface area contributed by atoms with E-state index in [1.165, 1.54) is 30.7 Å². The molecular formula is C18H20N4O3S. The Morgan fingerprint density at radius 1 is 1.27 bits per heavy atom. The van der Waals surface area contributed by atoms with Crippen molar-refractivity contribution in [3.05, 3.63) is 56.0 Å². The van der Waals surface area contributed by atoms with E-state index < -0.39 is 4.92 Å². The molecule has 2 fully saturated rings. The lowest BCUT2D eigenvalue weighted by atomic mass is 10.1. The van der Waals surface area contributed by atoms with Gasteiger partial charge in [0.1, 0.15) is 5.01 Å². The number of piperazine rings is 1. The number of benzene rings is 1. The van der Waals surface area contributed by atoms with Gasteiger partial charge in [-0.2, -0.15) is 0 Å². The first kappa shape index (κ1) is 17.1. The minimum atomic E-state index is -0.474. The van der Waals surface area contributed by atoms with Crippen molar-refractivity contribution in [1.29, 1.82) is 0 Å². The first-order valence-electron chi connectivity index (χ1n) is 8.80. The minimum absolute atomic E-state index is 0.0512. The summed E-state index contributed by atoms with van der Waals surface area (Å²) in [7, 11) is 0. The van der Waals surface area contributed by atoms with Gasteiger partial charge >= 0.3 is 0 Å². The Morgan fingerprint density at radius 3 is 2.73 bits per heavy atom. The third-order valence-electron chi connectivity index (χ3n) is 4.89. The predicted octanol–water partition coefficient (Wildman–Crippen LogP) is 2.89. The number of carbonyl (C=O) groups excluding carboxylic acids is 1. The second-order valence-electron chi connectivity index (χ2n) is 6.82. The molecule has 1 aromatic carbocycles. The normalized spacial score (nSPS) is 18.1. The maximum absolute atomic E-state index is 12.6. The smallest absolute Gasteiger partial charge is 0.270 e. The number of non-ortho nitro benzene ring substituents is 1. The third kappa shape index (κ3) is 3.76. The summed E-state index contributed by atoms with van der Waals surface area (Å²) in [6, 6.07) is 5.94. The van der Waals surface area contributed by atoms with Crippen LogP contribution in [0.1, 0.15) is 39.8 Å². The van der Waals surface area contributed by atoms with Crippen LogP contribution in [-0.2, 0) is 6.54 Å². The number of hydrogen-bond acceptors (Lipinski definition) is 6. The van der Waals surface area contributed by atoms with Crippen molar-refractivity contribution in [3.8, 4) is 0 Å². The minimum Gasteiger partial charge on any atom is -0.336 e. The lowest BCUT2D eigenvalue weighted by molar-refractivity contribution is -0.384. The molecule has 1 aliphatic heterocycles. The van der Waals surface area contributed by atoms with Crippen LogP contribution in [0.2, 0.25) is 0 Å². The van der Waals surface area contributed by atoms with Gasteiger partial charge in [0.05, 0.1) is 17.2 Å². The van der Waals surface area contributed by atoms with Gasteiger partial charge in [-0.25, -0.2) is 4.98 Å². The van der Waals surface area contributed by atoms with Crippen molar-refractivity contribution in [2.45, 2.75) is 25.3 Å². The summed E-state index contributed by atoms with van der Waals surface area (Å²) in [6.45, 7) is 3.67. The molecule has 8 heteroatoms. The van der Waals surface area contributed by atoms with E-state index in [2.05, 4.69) is 10.3 Å². The number of rotatable bonds is 5. The number of thiazole rings is 1. The van der Waals surface area contributed by atoms with Gasteiger partial charge in [0, 0.05) is 55.2 Å². The van der Waals surface area contributed by atoms with Crippen LogP contribution < -0.4 is 0 Å². The highest BCUT2D eigenvalue weighted by Crippen LogP contribution is 2.40. The largest absolute Gasteiger partial charge is 0.336 e. The number of aromatic nitrogens is 1. The Hall–Kier alpha value is -2.32. The lowest BCUT2D eigenvalue weighted by Gasteiger charge is -2.34. The van der Waals surface area contributed by atoms with Gasteiger partial charge in [-0.1, -0.05) is 6.07 Å². The maximum Gasteiger partial charge on any atom is 0.270 e. The molecule has 2 heterocycles. The van der Waals surface area contributed by atoms with Crippen molar-refractivity contribution in [1.82, 2.24) is 14.8 Å². The molecule has 2 aliphatic rings. The van der Waals surface area contributed by atoms with E-state index in [1.807, 2.05) is 0 Å². The van der Waals surface area contributed by atoms with Gasteiger partial charge in [-0.15, -0.1) is 11.3 Å².